The highest BCUT2D eigenvalue weighted by Crippen LogP contribution is 2.45. The van der Waals surface area contributed by atoms with Crippen LogP contribution in [0, 0.1) is 11.8 Å². The largest absolute Gasteiger partial charge is 0.368 e. The lowest BCUT2D eigenvalue weighted by Crippen LogP contribution is -2.63. The molecular formula is C22H32N6. The lowest BCUT2D eigenvalue weighted by Gasteiger charge is -2.57. The minimum atomic E-state index is 0.650. The third-order valence-corrected chi connectivity index (χ3v) is 7.81. The van der Waals surface area contributed by atoms with E-state index in [-0.39, 0.29) is 0 Å². The van der Waals surface area contributed by atoms with Crippen LogP contribution in [-0.2, 0) is 0 Å². The molecule has 0 spiro atoms. The molecule has 28 heavy (non-hydrogen) atoms. The topological polar surface area (TPSA) is 49.6 Å². The Morgan fingerprint density at radius 2 is 2.00 bits per heavy atom. The molecule has 4 fully saturated rings. The molecule has 3 aliphatic heterocycles. The number of hydrogen-bond acceptors (Lipinski definition) is 5. The predicted molar refractivity (Wildman–Crippen MR) is 110 cm³/mol. The molecule has 5 heterocycles. The van der Waals surface area contributed by atoms with E-state index in [1.165, 1.54) is 82.4 Å². The van der Waals surface area contributed by atoms with Gasteiger partial charge in [0.1, 0.15) is 6.33 Å². The summed E-state index contributed by atoms with van der Waals surface area (Å²) in [5, 5.41) is 13.4. The number of hydrogen-bond donors (Lipinski definition) is 0. The predicted octanol–water partition coefficient (Wildman–Crippen LogP) is 3.48. The van der Waals surface area contributed by atoms with Gasteiger partial charge in [0.25, 0.3) is 0 Å². The van der Waals surface area contributed by atoms with Crippen LogP contribution in [-0.4, -0.2) is 56.4 Å². The minimum absolute atomic E-state index is 0.650. The zero-order valence-corrected chi connectivity index (χ0v) is 17.0. The summed E-state index contributed by atoms with van der Waals surface area (Å²) in [5.74, 6) is 2.23. The average molecular weight is 381 g/mol. The fourth-order valence-electron chi connectivity index (χ4n) is 6.44. The van der Waals surface area contributed by atoms with E-state index in [4.69, 9.17) is 5.10 Å². The van der Waals surface area contributed by atoms with Crippen molar-refractivity contribution in [3.05, 3.63) is 18.1 Å². The molecule has 6 rings (SSSR count). The van der Waals surface area contributed by atoms with E-state index in [1.54, 1.807) is 6.33 Å². The van der Waals surface area contributed by atoms with Gasteiger partial charge in [-0.3, -0.25) is 4.90 Å². The van der Waals surface area contributed by atoms with Crippen molar-refractivity contribution >= 4 is 11.3 Å². The summed E-state index contributed by atoms with van der Waals surface area (Å²) in [6, 6.07) is 3.91. The highest BCUT2D eigenvalue weighted by Gasteiger charge is 2.47. The van der Waals surface area contributed by atoms with Crippen LogP contribution in [0.15, 0.2) is 12.4 Å². The molecule has 1 aliphatic carbocycles. The third-order valence-electron chi connectivity index (χ3n) is 7.81. The molecule has 0 aromatic carbocycles. The maximum atomic E-state index is 4.79. The van der Waals surface area contributed by atoms with Gasteiger partial charge in [0, 0.05) is 31.1 Å². The summed E-state index contributed by atoms with van der Waals surface area (Å²) in [4.78, 5) is 5.59. The summed E-state index contributed by atoms with van der Waals surface area (Å²) >= 11 is 0. The van der Waals surface area contributed by atoms with Crippen molar-refractivity contribution in [1.29, 1.82) is 0 Å². The van der Waals surface area contributed by atoms with Crippen LogP contribution in [0.4, 0.5) is 5.69 Å². The van der Waals surface area contributed by atoms with E-state index >= 15 is 0 Å². The zero-order valence-electron chi connectivity index (χ0n) is 17.0. The summed E-state index contributed by atoms with van der Waals surface area (Å²) in [7, 11) is 0. The molecule has 3 saturated heterocycles. The molecule has 1 saturated carbocycles. The van der Waals surface area contributed by atoms with Crippen LogP contribution in [0.1, 0.15) is 69.9 Å². The molecule has 4 atom stereocenters. The van der Waals surface area contributed by atoms with E-state index in [9.17, 15) is 0 Å². The number of anilines is 1. The van der Waals surface area contributed by atoms with Crippen LogP contribution in [0.25, 0.3) is 5.65 Å². The van der Waals surface area contributed by atoms with Crippen LogP contribution >= 0.6 is 0 Å². The first-order valence-corrected chi connectivity index (χ1v) is 11.5. The molecule has 6 nitrogen and oxygen atoms in total. The van der Waals surface area contributed by atoms with E-state index in [0.29, 0.717) is 5.92 Å². The second kappa shape index (κ2) is 6.68. The van der Waals surface area contributed by atoms with Gasteiger partial charge in [-0.05, 0) is 63.0 Å². The van der Waals surface area contributed by atoms with Crippen molar-refractivity contribution in [2.75, 3.05) is 24.5 Å². The second-order valence-electron chi connectivity index (χ2n) is 9.65. The molecule has 0 amide bonds. The third kappa shape index (κ3) is 2.75. The van der Waals surface area contributed by atoms with Gasteiger partial charge in [-0.2, -0.15) is 9.61 Å². The fourth-order valence-corrected chi connectivity index (χ4v) is 6.44. The van der Waals surface area contributed by atoms with Gasteiger partial charge >= 0.3 is 0 Å². The summed E-state index contributed by atoms with van der Waals surface area (Å²) in [6.45, 7) is 6.03. The maximum Gasteiger partial charge on any atom is 0.200 e. The molecule has 2 aromatic rings. The lowest BCUT2D eigenvalue weighted by atomic mass is 9.71. The Labute approximate surface area is 167 Å². The monoisotopic (exact) mass is 380 g/mol. The number of aromatic nitrogens is 4. The van der Waals surface area contributed by atoms with Gasteiger partial charge in [-0.1, -0.05) is 19.8 Å². The molecule has 4 aliphatic rings. The fraction of sp³-hybridized carbons (Fsp3) is 0.773. The molecule has 0 unspecified atom stereocenters. The van der Waals surface area contributed by atoms with Crippen LogP contribution in [0.5, 0.6) is 0 Å². The number of rotatable bonds is 4. The van der Waals surface area contributed by atoms with Crippen molar-refractivity contribution in [1.82, 2.24) is 24.7 Å². The van der Waals surface area contributed by atoms with Crippen molar-refractivity contribution in [3.8, 4) is 0 Å². The molecule has 0 radical (unpaired) electrons. The van der Waals surface area contributed by atoms with Gasteiger partial charge in [0.15, 0.2) is 0 Å². The van der Waals surface area contributed by atoms with Crippen LogP contribution in [0.3, 0.4) is 0 Å². The van der Waals surface area contributed by atoms with Gasteiger partial charge in [-0.25, -0.2) is 0 Å². The Morgan fingerprint density at radius 3 is 2.86 bits per heavy atom. The molecule has 0 N–H and O–H groups in total. The van der Waals surface area contributed by atoms with E-state index < -0.39 is 0 Å². The first kappa shape index (κ1) is 17.2. The minimum Gasteiger partial charge on any atom is -0.368 e. The molecular weight excluding hydrogens is 348 g/mol. The average Bonchev–Trinajstić information content (AvgIpc) is 3.47. The van der Waals surface area contributed by atoms with Gasteiger partial charge < -0.3 is 4.90 Å². The number of nitrogens with zero attached hydrogens (tertiary/aromatic N) is 6. The Kier molecular flexibility index (Phi) is 4.10. The van der Waals surface area contributed by atoms with Crippen molar-refractivity contribution in [2.24, 2.45) is 11.8 Å². The van der Waals surface area contributed by atoms with Crippen molar-refractivity contribution in [2.45, 2.75) is 76.3 Å². The summed E-state index contributed by atoms with van der Waals surface area (Å²) in [6.07, 6.45) is 12.6. The van der Waals surface area contributed by atoms with Gasteiger partial charge in [-0.15, -0.1) is 10.2 Å². The smallest absolute Gasteiger partial charge is 0.200 e. The highest BCUT2D eigenvalue weighted by atomic mass is 15.4. The summed E-state index contributed by atoms with van der Waals surface area (Å²) < 4.78 is 1.92. The normalized spacial score (nSPS) is 33.2. The number of piperidine rings is 3. The van der Waals surface area contributed by atoms with Crippen LogP contribution in [0.2, 0.25) is 0 Å². The highest BCUT2D eigenvalue weighted by molar-refractivity contribution is 5.69. The lowest BCUT2D eigenvalue weighted by molar-refractivity contribution is -0.0353. The Bertz CT molecular complexity index is 858. The Hall–Kier alpha value is -1.69. The second-order valence-corrected chi connectivity index (χ2v) is 9.65. The van der Waals surface area contributed by atoms with Crippen LogP contribution < -0.4 is 4.90 Å². The van der Waals surface area contributed by atoms with Crippen molar-refractivity contribution < 1.29 is 0 Å². The molecule has 2 aromatic heterocycles. The maximum absolute atomic E-state index is 4.79. The molecule has 6 heteroatoms. The Morgan fingerprint density at radius 1 is 1.11 bits per heavy atom. The molecule has 2 bridgehead atoms. The Balaban J connectivity index is 1.37. The molecule has 150 valence electrons. The van der Waals surface area contributed by atoms with Gasteiger partial charge in [0.05, 0.1) is 11.4 Å². The first-order valence-electron chi connectivity index (χ1n) is 11.5. The number of fused-ring (bicyclic) bond motifs is 5. The quantitative estimate of drug-likeness (QED) is 0.813. The SMILES string of the molecule is CCC[C@H]1[C@H]2C[C@H](CN(c3cc(C4CC4)nn4cnnc34)C2)[C@@H]2CCCCN21. The van der Waals surface area contributed by atoms with Gasteiger partial charge in [0.2, 0.25) is 5.65 Å². The first-order chi connectivity index (χ1) is 13.8. The zero-order chi connectivity index (χ0) is 18.7. The van der Waals surface area contributed by atoms with E-state index in [0.717, 1.165) is 29.6 Å². The van der Waals surface area contributed by atoms with E-state index in [1.807, 2.05) is 4.52 Å². The summed E-state index contributed by atoms with van der Waals surface area (Å²) in [5.41, 5.74) is 3.46. The van der Waals surface area contributed by atoms with Crippen molar-refractivity contribution in [3.63, 3.8) is 0 Å². The standard InChI is InChI=1S/C22H32N6/c1-2-5-19-16-10-17(20-6-3-4-9-27(19)20)13-26(12-16)21-11-18(15-7-8-15)25-28-14-23-24-22(21)28/h11,14-17,19-20H,2-10,12-13H2,1H3/t16-,17+,19-,20-/m0/s1. The van der Waals surface area contributed by atoms with E-state index in [2.05, 4.69) is 33.0 Å².